The van der Waals surface area contributed by atoms with Crippen LogP contribution < -0.4 is 0 Å². The van der Waals surface area contributed by atoms with Gasteiger partial charge in [-0.05, 0) is 58.6 Å². The molecule has 0 unspecified atom stereocenters. The highest BCUT2D eigenvalue weighted by Crippen LogP contribution is 2.41. The van der Waals surface area contributed by atoms with Crippen LogP contribution in [0.4, 0.5) is 0 Å². The van der Waals surface area contributed by atoms with Crippen LogP contribution in [0.15, 0.2) is 24.5 Å². The first-order valence-corrected chi connectivity index (χ1v) is 14.5. The molecular formula is C31H45N5O3. The van der Waals surface area contributed by atoms with Gasteiger partial charge < -0.3 is 14.4 Å². The molecule has 5 rings (SSSR count). The molecule has 1 aliphatic carbocycles. The number of carbonyl (C=O) groups excluding carboxylic acids is 1. The number of methoxy groups -OCH3 is 1. The molecule has 3 atom stereocenters. The maximum absolute atomic E-state index is 13.3. The lowest BCUT2D eigenvalue weighted by Crippen LogP contribution is -2.62. The number of likely N-dealkylation sites (tertiary alicyclic amines) is 1. The third-order valence-electron chi connectivity index (χ3n) is 9.38. The number of aromatic nitrogens is 2. The Morgan fingerprint density at radius 3 is 2.44 bits per heavy atom. The zero-order valence-corrected chi connectivity index (χ0v) is 24.6. The zero-order valence-electron chi connectivity index (χ0n) is 24.6. The normalized spacial score (nSPS) is 25.6. The fourth-order valence-corrected chi connectivity index (χ4v) is 7.00. The largest absolute Gasteiger partial charge is 0.382 e. The van der Waals surface area contributed by atoms with E-state index < -0.39 is 0 Å². The monoisotopic (exact) mass is 535 g/mol. The van der Waals surface area contributed by atoms with E-state index in [1.165, 1.54) is 23.0 Å². The number of amides is 1. The summed E-state index contributed by atoms with van der Waals surface area (Å²) in [6.45, 7) is 16.6. The highest BCUT2D eigenvalue weighted by molar-refractivity contribution is 5.96. The lowest BCUT2D eigenvalue weighted by Gasteiger charge is -2.53. The number of hydrogen-bond donors (Lipinski definition) is 0. The molecule has 8 heteroatoms. The molecule has 3 aliphatic rings. The number of nitrogens with zero attached hydrogens (tertiary/aromatic N) is 5. The fraction of sp³-hybridized carbons (Fsp3) is 0.645. The van der Waals surface area contributed by atoms with E-state index in [-0.39, 0.29) is 23.6 Å². The van der Waals surface area contributed by atoms with Crippen LogP contribution >= 0.6 is 0 Å². The Morgan fingerprint density at radius 2 is 1.77 bits per heavy atom. The minimum atomic E-state index is 0.0699. The summed E-state index contributed by atoms with van der Waals surface area (Å²) in [5.74, 6) is 0.0699. The summed E-state index contributed by atoms with van der Waals surface area (Å²) in [6, 6.07) is 7.59. The van der Waals surface area contributed by atoms with Gasteiger partial charge in [-0.15, -0.1) is 0 Å². The van der Waals surface area contributed by atoms with Crippen molar-refractivity contribution in [3.05, 3.63) is 58.2 Å². The number of fused-ring (bicyclic) bond motifs is 1. The predicted octanol–water partition coefficient (Wildman–Crippen LogP) is 3.73. The third kappa shape index (κ3) is 5.62. The number of piperazine rings is 1. The van der Waals surface area contributed by atoms with E-state index in [9.17, 15) is 4.79 Å². The van der Waals surface area contributed by atoms with Crippen molar-refractivity contribution in [1.82, 2.24) is 24.7 Å². The molecule has 1 amide bonds. The third-order valence-corrected chi connectivity index (χ3v) is 9.38. The van der Waals surface area contributed by atoms with Crippen LogP contribution in [0.5, 0.6) is 0 Å². The van der Waals surface area contributed by atoms with Crippen molar-refractivity contribution in [3.8, 4) is 0 Å². The van der Waals surface area contributed by atoms with Gasteiger partial charge in [0.15, 0.2) is 0 Å². The molecule has 0 saturated carbocycles. The molecule has 2 aliphatic heterocycles. The van der Waals surface area contributed by atoms with Gasteiger partial charge in [0.25, 0.3) is 5.91 Å². The van der Waals surface area contributed by atoms with E-state index in [2.05, 4.69) is 58.7 Å². The first-order valence-electron chi connectivity index (χ1n) is 14.5. The Kier molecular flexibility index (Phi) is 8.38. The van der Waals surface area contributed by atoms with E-state index in [1.54, 1.807) is 7.11 Å². The van der Waals surface area contributed by atoms with Crippen LogP contribution in [0.2, 0.25) is 0 Å². The molecule has 1 aromatic carbocycles. The molecule has 0 bridgehead atoms. The van der Waals surface area contributed by atoms with Crippen LogP contribution in [0.3, 0.4) is 0 Å². The van der Waals surface area contributed by atoms with Gasteiger partial charge in [0.05, 0.1) is 42.3 Å². The van der Waals surface area contributed by atoms with E-state index in [1.807, 2.05) is 18.7 Å². The van der Waals surface area contributed by atoms with Crippen LogP contribution in [-0.2, 0) is 15.9 Å². The Balaban J connectivity index is 1.24. The van der Waals surface area contributed by atoms with Crippen LogP contribution in [0.25, 0.3) is 0 Å². The molecule has 212 valence electrons. The second kappa shape index (κ2) is 11.6. The molecule has 0 radical (unpaired) electrons. The van der Waals surface area contributed by atoms with Crippen molar-refractivity contribution in [1.29, 1.82) is 0 Å². The summed E-state index contributed by atoms with van der Waals surface area (Å²) in [7, 11) is 1.73. The zero-order chi connectivity index (χ0) is 27.7. The Labute approximate surface area is 233 Å². The van der Waals surface area contributed by atoms with Gasteiger partial charge in [-0.2, -0.15) is 0 Å². The Morgan fingerprint density at radius 1 is 1.05 bits per heavy atom. The molecule has 2 aromatic rings. The number of rotatable bonds is 7. The minimum Gasteiger partial charge on any atom is -0.382 e. The Bertz CT molecular complexity index is 1160. The predicted molar refractivity (Wildman–Crippen MR) is 152 cm³/mol. The van der Waals surface area contributed by atoms with Crippen molar-refractivity contribution in [2.24, 2.45) is 0 Å². The van der Waals surface area contributed by atoms with Crippen molar-refractivity contribution in [2.45, 2.75) is 77.6 Å². The highest BCUT2D eigenvalue weighted by atomic mass is 16.5. The first kappa shape index (κ1) is 28.1. The maximum atomic E-state index is 13.3. The van der Waals surface area contributed by atoms with Crippen LogP contribution in [0.1, 0.15) is 71.2 Å². The van der Waals surface area contributed by atoms with Gasteiger partial charge in [-0.25, -0.2) is 9.97 Å². The second-order valence-electron chi connectivity index (χ2n) is 12.0. The van der Waals surface area contributed by atoms with Crippen LogP contribution in [-0.4, -0.2) is 101 Å². The summed E-state index contributed by atoms with van der Waals surface area (Å²) in [5.41, 5.74) is 6.45. The van der Waals surface area contributed by atoms with Gasteiger partial charge in [-0.3, -0.25) is 14.6 Å². The molecule has 8 nitrogen and oxygen atoms in total. The van der Waals surface area contributed by atoms with Crippen LogP contribution in [0, 0.1) is 20.8 Å². The van der Waals surface area contributed by atoms with Gasteiger partial charge in [0.2, 0.25) is 0 Å². The molecule has 2 fully saturated rings. The lowest BCUT2D eigenvalue weighted by atomic mass is 9.86. The van der Waals surface area contributed by atoms with E-state index in [0.717, 1.165) is 63.4 Å². The van der Waals surface area contributed by atoms with Gasteiger partial charge in [-0.1, -0.05) is 23.8 Å². The number of aryl methyl sites for hydroxylation is 3. The number of carbonyl (C=O) groups is 1. The SMILES string of the molecule is COCCO[C@@H]1Cc2cc(C)ccc2[C@H]1N1CCN(C2(C)CCN(C(=O)c3c(C)ncnc3C)CC2)C[C@@H]1C. The van der Waals surface area contributed by atoms with Gasteiger partial charge >= 0.3 is 0 Å². The van der Waals surface area contributed by atoms with Crippen molar-refractivity contribution < 1.29 is 14.3 Å². The standard InChI is InChI=1S/C31H45N5O3/c1-21-7-8-26-25(17-21)18-27(39-16-15-38-6)29(26)36-14-13-35(19-22(36)2)31(5)9-11-34(12-10-31)30(37)28-23(3)32-20-33-24(28)4/h7-8,17,20,22,27,29H,9-16,18-19H2,1-6H3/t22-,27+,29+/m0/s1. The molecule has 1 aromatic heterocycles. The summed E-state index contributed by atoms with van der Waals surface area (Å²) >= 11 is 0. The number of ether oxygens (including phenoxy) is 2. The summed E-state index contributed by atoms with van der Waals surface area (Å²) in [4.78, 5) is 29.2. The summed E-state index contributed by atoms with van der Waals surface area (Å²) < 4.78 is 11.7. The maximum Gasteiger partial charge on any atom is 0.257 e. The van der Waals surface area contributed by atoms with Crippen molar-refractivity contribution in [2.75, 3.05) is 53.0 Å². The minimum absolute atomic E-state index is 0.0699. The quantitative estimate of drug-likeness (QED) is 0.501. The average molecular weight is 536 g/mol. The Hall–Kier alpha value is -2.39. The second-order valence-corrected chi connectivity index (χ2v) is 12.0. The molecule has 3 heterocycles. The fourth-order valence-electron chi connectivity index (χ4n) is 7.00. The van der Waals surface area contributed by atoms with Crippen molar-refractivity contribution >= 4 is 5.91 Å². The number of benzene rings is 1. The lowest BCUT2D eigenvalue weighted by molar-refractivity contribution is -0.0705. The molecular weight excluding hydrogens is 490 g/mol. The summed E-state index contributed by atoms with van der Waals surface area (Å²) in [5, 5.41) is 0. The van der Waals surface area contributed by atoms with Gasteiger partial charge in [0, 0.05) is 57.8 Å². The van der Waals surface area contributed by atoms with E-state index >= 15 is 0 Å². The number of piperidine rings is 1. The average Bonchev–Trinajstić information content (AvgIpc) is 3.26. The smallest absolute Gasteiger partial charge is 0.257 e. The topological polar surface area (TPSA) is 71.0 Å². The first-order chi connectivity index (χ1) is 18.7. The molecule has 0 spiro atoms. The van der Waals surface area contributed by atoms with E-state index in [4.69, 9.17) is 9.47 Å². The van der Waals surface area contributed by atoms with Gasteiger partial charge in [0.1, 0.15) is 6.33 Å². The molecule has 0 N–H and O–H groups in total. The van der Waals surface area contributed by atoms with E-state index in [0.29, 0.717) is 24.8 Å². The molecule has 2 saturated heterocycles. The number of hydrogen-bond acceptors (Lipinski definition) is 7. The highest BCUT2D eigenvalue weighted by Gasteiger charge is 2.44. The molecule has 39 heavy (non-hydrogen) atoms. The summed E-state index contributed by atoms with van der Waals surface area (Å²) in [6.07, 6.45) is 4.61. The van der Waals surface area contributed by atoms with Crippen molar-refractivity contribution in [3.63, 3.8) is 0 Å².